The predicted octanol–water partition coefficient (Wildman–Crippen LogP) is 0.844. The van der Waals surface area contributed by atoms with E-state index in [1.807, 2.05) is 0 Å². The number of primary sulfonamides is 1. The largest absolute Gasteiger partial charge is 0.573 e. The van der Waals surface area contributed by atoms with Crippen LogP contribution < -0.4 is 9.88 Å². The van der Waals surface area contributed by atoms with Gasteiger partial charge in [0.15, 0.2) is 5.03 Å². The summed E-state index contributed by atoms with van der Waals surface area (Å²) in [5, 5.41) is 14.3. The molecular weight excluding hydrogens is 295 g/mol. The van der Waals surface area contributed by atoms with Crippen molar-refractivity contribution in [3.63, 3.8) is 0 Å². The zero-order chi connectivity index (χ0) is 15.0. The molecule has 0 aliphatic rings. The van der Waals surface area contributed by atoms with Gasteiger partial charge in [-0.05, 0) is 6.92 Å². The van der Waals surface area contributed by atoms with Crippen molar-refractivity contribution >= 4 is 15.7 Å². The lowest BCUT2D eigenvalue weighted by Gasteiger charge is -2.12. The van der Waals surface area contributed by atoms with E-state index < -0.39 is 43.3 Å². The second-order valence-electron chi connectivity index (χ2n) is 3.25. The number of rotatable bonds is 3. The highest BCUT2D eigenvalue weighted by Gasteiger charge is 2.37. The van der Waals surface area contributed by atoms with Gasteiger partial charge in [-0.25, -0.2) is 18.5 Å². The number of halogens is 3. The van der Waals surface area contributed by atoms with Gasteiger partial charge in [0.25, 0.3) is 10.0 Å². The van der Waals surface area contributed by atoms with Crippen molar-refractivity contribution in [2.45, 2.75) is 18.3 Å². The average molecular weight is 301 g/mol. The fraction of sp³-hybridized carbons (Fsp3) is 0.286. The molecule has 0 amide bonds. The minimum absolute atomic E-state index is 0.327. The van der Waals surface area contributed by atoms with Crippen LogP contribution in [0.4, 0.5) is 18.9 Å². The number of nitro groups is 1. The fourth-order valence-corrected chi connectivity index (χ4v) is 1.95. The highest BCUT2D eigenvalue weighted by atomic mass is 32.2. The topological polar surface area (TPSA) is 125 Å². The molecule has 2 N–H and O–H groups in total. The zero-order valence-electron chi connectivity index (χ0n) is 9.13. The van der Waals surface area contributed by atoms with Crippen LogP contribution in [0.3, 0.4) is 0 Å². The molecule has 1 rings (SSSR count). The molecule has 0 bridgehead atoms. The molecule has 0 spiro atoms. The SMILES string of the molecule is Cc1c(S(N)(=O)=O)ncc([N+](=O)[O-])c1OC(F)(F)F. The van der Waals surface area contributed by atoms with E-state index in [0.717, 1.165) is 6.92 Å². The number of hydrogen-bond acceptors (Lipinski definition) is 6. The lowest BCUT2D eigenvalue weighted by molar-refractivity contribution is -0.389. The molecule has 0 radical (unpaired) electrons. The lowest BCUT2D eigenvalue weighted by atomic mass is 10.2. The summed E-state index contributed by atoms with van der Waals surface area (Å²) in [5.41, 5.74) is -1.82. The Balaban J connectivity index is 3.58. The Kier molecular flexibility index (Phi) is 3.67. The van der Waals surface area contributed by atoms with E-state index >= 15 is 0 Å². The minimum atomic E-state index is -5.23. The highest BCUT2D eigenvalue weighted by Crippen LogP contribution is 2.36. The number of aromatic nitrogens is 1. The van der Waals surface area contributed by atoms with Crippen molar-refractivity contribution in [3.8, 4) is 5.75 Å². The minimum Gasteiger partial charge on any atom is -0.398 e. The van der Waals surface area contributed by atoms with Gasteiger partial charge in [0, 0.05) is 5.56 Å². The maximum absolute atomic E-state index is 12.1. The molecule has 1 heterocycles. The van der Waals surface area contributed by atoms with Gasteiger partial charge in [-0.15, -0.1) is 13.2 Å². The van der Waals surface area contributed by atoms with Crippen molar-refractivity contribution in [1.82, 2.24) is 4.98 Å². The molecule has 0 atom stereocenters. The van der Waals surface area contributed by atoms with Crippen LogP contribution in [0.1, 0.15) is 5.56 Å². The van der Waals surface area contributed by atoms with Crippen molar-refractivity contribution in [3.05, 3.63) is 21.9 Å². The molecule has 0 saturated heterocycles. The van der Waals surface area contributed by atoms with Gasteiger partial charge in [0.05, 0.1) is 4.92 Å². The van der Waals surface area contributed by atoms with Gasteiger partial charge in [-0.3, -0.25) is 10.1 Å². The van der Waals surface area contributed by atoms with Crippen LogP contribution in [0, 0.1) is 17.0 Å². The third kappa shape index (κ3) is 3.51. The molecule has 8 nitrogen and oxygen atoms in total. The average Bonchev–Trinajstić information content (AvgIpc) is 2.16. The Morgan fingerprint density at radius 3 is 2.37 bits per heavy atom. The van der Waals surface area contributed by atoms with E-state index in [1.165, 1.54) is 0 Å². The molecule has 0 aliphatic heterocycles. The van der Waals surface area contributed by atoms with Gasteiger partial charge < -0.3 is 4.74 Å². The zero-order valence-corrected chi connectivity index (χ0v) is 9.95. The smallest absolute Gasteiger partial charge is 0.398 e. The third-order valence-corrected chi connectivity index (χ3v) is 2.83. The number of sulfonamides is 1. The molecule has 0 aliphatic carbocycles. The van der Waals surface area contributed by atoms with Crippen LogP contribution in [0.5, 0.6) is 5.75 Å². The molecule has 19 heavy (non-hydrogen) atoms. The van der Waals surface area contributed by atoms with Gasteiger partial charge in [0.1, 0.15) is 6.20 Å². The number of pyridine rings is 1. The van der Waals surface area contributed by atoms with Crippen LogP contribution >= 0.6 is 0 Å². The summed E-state index contributed by atoms with van der Waals surface area (Å²) in [6, 6.07) is 0. The van der Waals surface area contributed by atoms with Crippen LogP contribution in [0.2, 0.25) is 0 Å². The number of hydrogen-bond donors (Lipinski definition) is 1. The Bertz CT molecular complexity index is 628. The maximum Gasteiger partial charge on any atom is 0.573 e. The first-order valence-corrected chi connectivity index (χ1v) is 5.90. The van der Waals surface area contributed by atoms with Gasteiger partial charge >= 0.3 is 12.0 Å². The molecule has 0 fully saturated rings. The van der Waals surface area contributed by atoms with E-state index in [2.05, 4.69) is 9.72 Å². The van der Waals surface area contributed by atoms with Crippen LogP contribution in [0.15, 0.2) is 11.2 Å². The summed E-state index contributed by atoms with van der Waals surface area (Å²) in [6.45, 7) is 0.862. The summed E-state index contributed by atoms with van der Waals surface area (Å²) in [5.74, 6) is -1.27. The van der Waals surface area contributed by atoms with E-state index in [-0.39, 0.29) is 0 Å². The van der Waals surface area contributed by atoms with Gasteiger partial charge in [0.2, 0.25) is 5.75 Å². The standard InChI is InChI=1S/C7H6F3N3O5S/c1-3-5(18-7(8,9)10)4(13(14)15)2-12-6(3)19(11,16)17/h2H,1H3,(H2,11,16,17). The highest BCUT2D eigenvalue weighted by molar-refractivity contribution is 7.89. The second-order valence-corrected chi connectivity index (χ2v) is 4.73. The molecule has 106 valence electrons. The van der Waals surface area contributed by atoms with Crippen LogP contribution in [-0.4, -0.2) is 24.7 Å². The summed E-state index contributed by atoms with van der Waals surface area (Å²) in [6.07, 6.45) is -4.90. The summed E-state index contributed by atoms with van der Waals surface area (Å²) < 4.78 is 62.0. The Morgan fingerprint density at radius 2 is 2.00 bits per heavy atom. The van der Waals surface area contributed by atoms with E-state index in [0.29, 0.717) is 6.20 Å². The first-order valence-electron chi connectivity index (χ1n) is 4.36. The maximum atomic E-state index is 12.1. The van der Waals surface area contributed by atoms with E-state index in [4.69, 9.17) is 5.14 Å². The summed E-state index contributed by atoms with van der Waals surface area (Å²) in [4.78, 5) is 12.5. The van der Waals surface area contributed by atoms with E-state index in [9.17, 15) is 31.7 Å². The van der Waals surface area contributed by atoms with Crippen molar-refractivity contribution in [2.24, 2.45) is 5.14 Å². The quantitative estimate of drug-likeness (QED) is 0.651. The number of nitrogens with two attached hydrogens (primary N) is 1. The monoisotopic (exact) mass is 301 g/mol. The molecule has 0 saturated carbocycles. The van der Waals surface area contributed by atoms with Crippen molar-refractivity contribution in [1.29, 1.82) is 0 Å². The van der Waals surface area contributed by atoms with Gasteiger partial charge in [-0.2, -0.15) is 0 Å². The molecular formula is C7H6F3N3O5S. The Hall–Kier alpha value is -1.95. The predicted molar refractivity (Wildman–Crippen MR) is 53.7 cm³/mol. The Labute approximate surface area is 104 Å². The van der Waals surface area contributed by atoms with Crippen LogP contribution in [0.25, 0.3) is 0 Å². The first-order chi connectivity index (χ1) is 8.43. The lowest BCUT2D eigenvalue weighted by Crippen LogP contribution is -2.21. The number of nitrogens with zero attached hydrogens (tertiary/aromatic N) is 2. The molecule has 0 aromatic carbocycles. The molecule has 1 aromatic heterocycles. The second kappa shape index (κ2) is 4.62. The first kappa shape index (κ1) is 15.1. The number of alkyl halides is 3. The molecule has 1 aromatic rings. The Morgan fingerprint density at radius 1 is 1.47 bits per heavy atom. The van der Waals surface area contributed by atoms with Gasteiger partial charge in [-0.1, -0.05) is 0 Å². The van der Waals surface area contributed by atoms with E-state index in [1.54, 1.807) is 0 Å². The summed E-state index contributed by atoms with van der Waals surface area (Å²) >= 11 is 0. The van der Waals surface area contributed by atoms with Crippen molar-refractivity contribution < 1.29 is 31.2 Å². The molecule has 12 heteroatoms. The fourth-order valence-electron chi connectivity index (χ4n) is 1.23. The third-order valence-electron chi connectivity index (χ3n) is 1.88. The molecule has 0 unspecified atom stereocenters. The van der Waals surface area contributed by atoms with Crippen molar-refractivity contribution in [2.75, 3.05) is 0 Å². The summed E-state index contributed by atoms with van der Waals surface area (Å²) in [7, 11) is -4.44. The van der Waals surface area contributed by atoms with Crippen LogP contribution in [-0.2, 0) is 10.0 Å². The number of ether oxygens (including phenoxy) is 1. The normalized spacial score (nSPS) is 12.3.